The van der Waals surface area contributed by atoms with E-state index in [-0.39, 0.29) is 5.91 Å². The first kappa shape index (κ1) is 15.0. The summed E-state index contributed by atoms with van der Waals surface area (Å²) in [6.07, 6.45) is 7.68. The molecule has 0 saturated carbocycles. The van der Waals surface area contributed by atoms with Crippen molar-refractivity contribution in [2.75, 3.05) is 13.2 Å². The van der Waals surface area contributed by atoms with E-state index in [0.29, 0.717) is 18.3 Å². The predicted octanol–water partition coefficient (Wildman–Crippen LogP) is 3.31. The van der Waals surface area contributed by atoms with E-state index in [1.807, 2.05) is 30.3 Å². The van der Waals surface area contributed by atoms with Crippen LogP contribution in [0.3, 0.4) is 0 Å². The number of hydrogen-bond donors (Lipinski definition) is 1. The first-order valence-corrected chi connectivity index (χ1v) is 8.08. The molecule has 1 aromatic carbocycles. The van der Waals surface area contributed by atoms with Crippen molar-refractivity contribution in [2.45, 2.75) is 38.2 Å². The molecule has 1 aromatic heterocycles. The molecule has 116 valence electrons. The molecule has 1 atom stereocenters. The molecular formula is C18H22N2O2. The fourth-order valence-corrected chi connectivity index (χ4v) is 2.96. The number of pyridine rings is 1. The molecule has 0 bridgehead atoms. The molecule has 0 unspecified atom stereocenters. The van der Waals surface area contributed by atoms with Gasteiger partial charge in [0, 0.05) is 24.7 Å². The number of nitrogens with zero attached hydrogens (tertiary/aromatic N) is 1. The van der Waals surface area contributed by atoms with Crippen molar-refractivity contribution < 1.29 is 9.53 Å². The molecule has 0 aliphatic carbocycles. The van der Waals surface area contributed by atoms with Crippen LogP contribution in [0.4, 0.5) is 0 Å². The maximum atomic E-state index is 12.3. The zero-order chi connectivity index (χ0) is 15.2. The third kappa shape index (κ3) is 3.63. The topological polar surface area (TPSA) is 51.2 Å². The van der Waals surface area contributed by atoms with Crippen molar-refractivity contribution in [3.63, 3.8) is 0 Å². The van der Waals surface area contributed by atoms with Crippen molar-refractivity contribution in [1.29, 1.82) is 0 Å². The lowest BCUT2D eigenvalue weighted by Crippen LogP contribution is -2.25. The Bertz CT molecular complexity index is 631. The van der Waals surface area contributed by atoms with Crippen LogP contribution in [-0.4, -0.2) is 30.1 Å². The average molecular weight is 298 g/mol. The third-order valence-corrected chi connectivity index (χ3v) is 4.15. The van der Waals surface area contributed by atoms with Gasteiger partial charge in [0.25, 0.3) is 5.91 Å². The minimum Gasteiger partial charge on any atom is -0.378 e. The van der Waals surface area contributed by atoms with E-state index >= 15 is 0 Å². The highest BCUT2D eigenvalue weighted by Crippen LogP contribution is 2.18. The van der Waals surface area contributed by atoms with Crippen molar-refractivity contribution in [3.8, 4) is 0 Å². The Labute approximate surface area is 130 Å². The number of carbonyl (C=O) groups excluding carboxylic acids is 1. The van der Waals surface area contributed by atoms with Gasteiger partial charge in [0.1, 0.15) is 5.69 Å². The Morgan fingerprint density at radius 1 is 1.27 bits per heavy atom. The van der Waals surface area contributed by atoms with Crippen LogP contribution >= 0.6 is 0 Å². The van der Waals surface area contributed by atoms with Crippen molar-refractivity contribution in [3.05, 3.63) is 42.2 Å². The first-order chi connectivity index (χ1) is 10.8. The molecule has 3 rings (SSSR count). The smallest absolute Gasteiger partial charge is 0.270 e. The van der Waals surface area contributed by atoms with Gasteiger partial charge in [-0.2, -0.15) is 0 Å². The number of hydrogen-bond acceptors (Lipinski definition) is 3. The van der Waals surface area contributed by atoms with Crippen LogP contribution in [-0.2, 0) is 4.74 Å². The number of aromatic nitrogens is 1. The summed E-state index contributed by atoms with van der Waals surface area (Å²) in [5, 5.41) is 4.92. The highest BCUT2D eigenvalue weighted by atomic mass is 16.5. The molecule has 1 fully saturated rings. The number of unbranched alkanes of at least 4 members (excludes halogenated alkanes) is 1. The number of rotatable bonds is 6. The normalized spacial score (nSPS) is 17.7. The van der Waals surface area contributed by atoms with E-state index in [2.05, 4.69) is 10.3 Å². The Kier molecular flexibility index (Phi) is 5.01. The number of amides is 1. The fourth-order valence-electron chi connectivity index (χ4n) is 2.96. The van der Waals surface area contributed by atoms with E-state index in [9.17, 15) is 4.79 Å². The van der Waals surface area contributed by atoms with Crippen LogP contribution in [0.2, 0.25) is 0 Å². The maximum Gasteiger partial charge on any atom is 0.270 e. The summed E-state index contributed by atoms with van der Waals surface area (Å²) in [7, 11) is 0. The molecule has 22 heavy (non-hydrogen) atoms. The molecule has 1 aliphatic rings. The minimum absolute atomic E-state index is 0.0890. The highest BCUT2D eigenvalue weighted by Gasteiger charge is 2.15. The Morgan fingerprint density at radius 3 is 3.05 bits per heavy atom. The van der Waals surface area contributed by atoms with Gasteiger partial charge >= 0.3 is 0 Å². The summed E-state index contributed by atoms with van der Waals surface area (Å²) < 4.78 is 5.60. The van der Waals surface area contributed by atoms with E-state index in [1.54, 1.807) is 6.20 Å². The molecule has 0 radical (unpaired) electrons. The molecule has 2 heterocycles. The van der Waals surface area contributed by atoms with Gasteiger partial charge in [-0.15, -0.1) is 0 Å². The number of benzene rings is 1. The fraction of sp³-hybridized carbons (Fsp3) is 0.444. The Morgan fingerprint density at radius 2 is 2.18 bits per heavy atom. The van der Waals surface area contributed by atoms with Gasteiger partial charge in [0.2, 0.25) is 0 Å². The van der Waals surface area contributed by atoms with Gasteiger partial charge in [0.15, 0.2) is 0 Å². The number of fused-ring (bicyclic) bond motifs is 1. The van der Waals surface area contributed by atoms with Gasteiger partial charge in [-0.25, -0.2) is 0 Å². The summed E-state index contributed by atoms with van der Waals surface area (Å²) in [4.78, 5) is 16.5. The van der Waals surface area contributed by atoms with Gasteiger partial charge < -0.3 is 10.1 Å². The van der Waals surface area contributed by atoms with Crippen LogP contribution in [0.5, 0.6) is 0 Å². The largest absolute Gasteiger partial charge is 0.378 e. The lowest BCUT2D eigenvalue weighted by atomic mass is 10.1. The van der Waals surface area contributed by atoms with Crippen LogP contribution in [0.15, 0.2) is 36.5 Å². The lowest BCUT2D eigenvalue weighted by Gasteiger charge is -2.09. The van der Waals surface area contributed by atoms with Crippen LogP contribution < -0.4 is 5.32 Å². The SMILES string of the molecule is O=C(NCCCC[C@@H]1CCCO1)c1nccc2ccccc12. The molecule has 1 saturated heterocycles. The predicted molar refractivity (Wildman–Crippen MR) is 86.9 cm³/mol. The highest BCUT2D eigenvalue weighted by molar-refractivity contribution is 6.05. The molecule has 1 amide bonds. The zero-order valence-electron chi connectivity index (χ0n) is 12.8. The number of carbonyl (C=O) groups is 1. The van der Waals surface area contributed by atoms with Gasteiger partial charge in [-0.05, 0) is 43.6 Å². The lowest BCUT2D eigenvalue weighted by molar-refractivity contribution is 0.0944. The summed E-state index contributed by atoms with van der Waals surface area (Å²) in [5.41, 5.74) is 0.511. The van der Waals surface area contributed by atoms with E-state index in [4.69, 9.17) is 4.74 Å². The Balaban J connectivity index is 1.48. The molecule has 2 aromatic rings. The molecule has 0 spiro atoms. The molecule has 1 N–H and O–H groups in total. The monoisotopic (exact) mass is 298 g/mol. The summed E-state index contributed by atoms with van der Waals surface area (Å²) >= 11 is 0. The molecule has 4 heteroatoms. The Hall–Kier alpha value is -1.94. The van der Waals surface area contributed by atoms with Crippen LogP contribution in [0.1, 0.15) is 42.6 Å². The van der Waals surface area contributed by atoms with Gasteiger partial charge in [-0.3, -0.25) is 9.78 Å². The molecular weight excluding hydrogens is 276 g/mol. The van der Waals surface area contributed by atoms with Gasteiger partial charge in [-0.1, -0.05) is 24.3 Å². The molecule has 4 nitrogen and oxygen atoms in total. The van der Waals surface area contributed by atoms with Crippen molar-refractivity contribution >= 4 is 16.7 Å². The minimum atomic E-state index is -0.0890. The van der Waals surface area contributed by atoms with Crippen LogP contribution in [0, 0.1) is 0 Å². The second-order valence-corrected chi connectivity index (χ2v) is 5.77. The quantitative estimate of drug-likeness (QED) is 0.832. The standard InChI is InChI=1S/C18H22N2O2/c21-18(20-11-4-3-7-15-8-5-13-22-15)17-16-9-2-1-6-14(16)10-12-19-17/h1-2,6,9-10,12,15H,3-5,7-8,11,13H2,(H,20,21)/t15-/m1/s1. The average Bonchev–Trinajstić information content (AvgIpc) is 3.07. The van der Waals surface area contributed by atoms with Crippen molar-refractivity contribution in [2.24, 2.45) is 0 Å². The number of nitrogens with one attached hydrogen (secondary N) is 1. The summed E-state index contributed by atoms with van der Waals surface area (Å²) in [6.45, 7) is 1.60. The summed E-state index contributed by atoms with van der Waals surface area (Å²) in [5.74, 6) is -0.0890. The second kappa shape index (κ2) is 7.36. The van der Waals surface area contributed by atoms with Crippen LogP contribution in [0.25, 0.3) is 10.8 Å². The van der Waals surface area contributed by atoms with Crippen molar-refractivity contribution in [1.82, 2.24) is 10.3 Å². The van der Waals surface area contributed by atoms with E-state index < -0.39 is 0 Å². The molecule has 1 aliphatic heterocycles. The second-order valence-electron chi connectivity index (χ2n) is 5.77. The zero-order valence-corrected chi connectivity index (χ0v) is 12.8. The number of ether oxygens (including phenoxy) is 1. The van der Waals surface area contributed by atoms with E-state index in [0.717, 1.165) is 36.6 Å². The van der Waals surface area contributed by atoms with Gasteiger partial charge in [0.05, 0.1) is 6.10 Å². The first-order valence-electron chi connectivity index (χ1n) is 8.08. The van der Waals surface area contributed by atoms with E-state index in [1.165, 1.54) is 12.8 Å². The summed E-state index contributed by atoms with van der Waals surface area (Å²) in [6, 6.07) is 9.76. The maximum absolute atomic E-state index is 12.3. The third-order valence-electron chi connectivity index (χ3n) is 4.15.